The molecule has 3 aromatic carbocycles. The molecule has 3 N–H and O–H groups in total. The molecule has 8 heteroatoms. The van der Waals surface area contributed by atoms with Crippen LogP contribution in [0.5, 0.6) is 11.5 Å². The second kappa shape index (κ2) is 12.5. The number of ketones is 2. The number of hydrogen-bond donors (Lipinski definition) is 2. The van der Waals surface area contributed by atoms with Crippen LogP contribution in [-0.4, -0.2) is 68.1 Å². The number of benzene rings is 3. The first-order chi connectivity index (χ1) is 18.8. The quantitative estimate of drug-likeness (QED) is 0.381. The Morgan fingerprint density at radius 2 is 1.46 bits per heavy atom. The van der Waals surface area contributed by atoms with Crippen molar-refractivity contribution in [3.8, 4) is 11.5 Å². The monoisotopic (exact) mass is 534 g/mol. The minimum atomic E-state index is -0.822. The summed E-state index contributed by atoms with van der Waals surface area (Å²) in [4.78, 5) is 30.2. The van der Waals surface area contributed by atoms with E-state index in [9.17, 15) is 19.1 Å². The molecule has 0 saturated carbocycles. The normalized spacial score (nSPS) is 18.9. The average molecular weight is 535 g/mol. The van der Waals surface area contributed by atoms with Crippen LogP contribution in [0.15, 0.2) is 66.7 Å². The lowest BCUT2D eigenvalue weighted by atomic mass is 9.67. The number of methoxy groups -OCH3 is 2. The lowest BCUT2D eigenvalue weighted by molar-refractivity contribution is 0.0416. The number of carbonyl (C=O) groups is 2. The van der Waals surface area contributed by atoms with Crippen molar-refractivity contribution in [2.45, 2.75) is 18.9 Å². The molecule has 1 saturated heterocycles. The fraction of sp³-hybridized carbons (Fsp3) is 0.355. The van der Waals surface area contributed by atoms with E-state index in [1.807, 2.05) is 4.90 Å². The Balaban J connectivity index is 1.86. The molecule has 1 fully saturated rings. The van der Waals surface area contributed by atoms with Gasteiger partial charge in [-0.1, -0.05) is 36.4 Å². The number of carbonyl (C=O) groups excluding carboxylic acids is 2. The van der Waals surface area contributed by atoms with Crippen molar-refractivity contribution in [2.75, 3.05) is 40.4 Å². The Hall–Kier alpha value is -3.59. The van der Waals surface area contributed by atoms with Crippen molar-refractivity contribution in [2.24, 2.45) is 17.6 Å². The van der Waals surface area contributed by atoms with Gasteiger partial charge in [0, 0.05) is 55.1 Å². The van der Waals surface area contributed by atoms with E-state index < -0.39 is 29.7 Å². The summed E-state index contributed by atoms with van der Waals surface area (Å²) in [5, 5.41) is 10.4. The van der Waals surface area contributed by atoms with Gasteiger partial charge in [-0.3, -0.25) is 14.5 Å². The van der Waals surface area contributed by atoms with Gasteiger partial charge in [-0.25, -0.2) is 4.39 Å². The van der Waals surface area contributed by atoms with E-state index in [2.05, 4.69) is 0 Å². The van der Waals surface area contributed by atoms with Crippen molar-refractivity contribution in [1.29, 1.82) is 0 Å². The molecule has 1 heterocycles. The molecule has 39 heavy (non-hydrogen) atoms. The molecule has 0 radical (unpaired) electrons. The van der Waals surface area contributed by atoms with Crippen molar-refractivity contribution < 1.29 is 28.6 Å². The third-order valence-electron chi connectivity index (χ3n) is 7.57. The zero-order chi connectivity index (χ0) is 28.1. The molecular weight excluding hydrogens is 499 g/mol. The van der Waals surface area contributed by atoms with Gasteiger partial charge in [-0.15, -0.1) is 0 Å². The zero-order valence-corrected chi connectivity index (χ0v) is 22.5. The molecule has 1 aliphatic rings. The topological polar surface area (TPSA) is 102 Å². The summed E-state index contributed by atoms with van der Waals surface area (Å²) in [5.74, 6) is -1.69. The van der Waals surface area contributed by atoms with Crippen LogP contribution < -0.4 is 15.2 Å². The lowest BCUT2D eigenvalue weighted by Crippen LogP contribution is -2.52. The van der Waals surface area contributed by atoms with Gasteiger partial charge in [0.1, 0.15) is 17.3 Å². The largest absolute Gasteiger partial charge is 0.497 e. The van der Waals surface area contributed by atoms with E-state index in [1.54, 1.807) is 67.6 Å². The lowest BCUT2D eigenvalue weighted by Gasteiger charge is -2.44. The summed E-state index contributed by atoms with van der Waals surface area (Å²) < 4.78 is 25.5. The number of Topliss-reactive ketones (excluding diaryl/α,β-unsaturated/α-hetero) is 2. The highest BCUT2D eigenvalue weighted by Gasteiger charge is 2.45. The number of ether oxygens (including phenoxy) is 2. The van der Waals surface area contributed by atoms with E-state index in [-0.39, 0.29) is 37.7 Å². The number of rotatable bonds is 10. The third kappa shape index (κ3) is 6.19. The summed E-state index contributed by atoms with van der Waals surface area (Å²) in [6, 6.07) is 18.6. The molecule has 0 bridgehead atoms. The number of nitrogens with zero attached hydrogens (tertiary/aromatic N) is 1. The second-order valence-electron chi connectivity index (χ2n) is 9.99. The molecule has 0 spiro atoms. The number of aliphatic hydroxyl groups excluding tert-OH is 1. The summed E-state index contributed by atoms with van der Waals surface area (Å²) in [5.41, 5.74) is 7.60. The van der Waals surface area contributed by atoms with Crippen molar-refractivity contribution in [3.05, 3.63) is 94.8 Å². The fourth-order valence-corrected chi connectivity index (χ4v) is 5.55. The van der Waals surface area contributed by atoms with E-state index >= 15 is 0 Å². The number of nitrogens with two attached hydrogens (primary N) is 1. The Labute approximate surface area is 228 Å². The second-order valence-corrected chi connectivity index (χ2v) is 9.99. The third-order valence-corrected chi connectivity index (χ3v) is 7.57. The highest BCUT2D eigenvalue weighted by Crippen LogP contribution is 2.42. The average Bonchev–Trinajstić information content (AvgIpc) is 2.97. The molecule has 206 valence electrons. The van der Waals surface area contributed by atoms with Gasteiger partial charge >= 0.3 is 0 Å². The van der Waals surface area contributed by atoms with E-state index in [0.717, 1.165) is 0 Å². The molecule has 1 aliphatic heterocycles. The molecule has 3 aromatic rings. The van der Waals surface area contributed by atoms with Crippen LogP contribution in [0.4, 0.5) is 4.39 Å². The number of hydrogen-bond acceptors (Lipinski definition) is 7. The molecule has 4 rings (SSSR count). The maximum atomic E-state index is 14.9. The van der Waals surface area contributed by atoms with Crippen LogP contribution in [0.25, 0.3) is 0 Å². The molecule has 3 atom stereocenters. The minimum absolute atomic E-state index is 0.0475. The van der Waals surface area contributed by atoms with Gasteiger partial charge in [0.15, 0.2) is 11.6 Å². The van der Waals surface area contributed by atoms with Gasteiger partial charge in [-0.05, 0) is 48.4 Å². The van der Waals surface area contributed by atoms with Crippen LogP contribution in [-0.2, 0) is 0 Å². The maximum absolute atomic E-state index is 14.9. The maximum Gasteiger partial charge on any atom is 0.167 e. The first-order valence-corrected chi connectivity index (χ1v) is 13.0. The molecule has 1 unspecified atom stereocenters. The Kier molecular flexibility index (Phi) is 9.12. The van der Waals surface area contributed by atoms with Crippen LogP contribution in [0.2, 0.25) is 0 Å². The van der Waals surface area contributed by atoms with E-state index in [0.29, 0.717) is 33.8 Å². The summed E-state index contributed by atoms with van der Waals surface area (Å²) in [6.07, 6.45) is -0.822. The smallest absolute Gasteiger partial charge is 0.167 e. The summed E-state index contributed by atoms with van der Waals surface area (Å²) in [6.45, 7) is 2.47. The minimum Gasteiger partial charge on any atom is -0.497 e. The van der Waals surface area contributed by atoms with Gasteiger partial charge < -0.3 is 20.3 Å². The van der Waals surface area contributed by atoms with Crippen molar-refractivity contribution >= 4 is 11.6 Å². The van der Waals surface area contributed by atoms with Crippen LogP contribution >= 0.6 is 0 Å². The molecule has 0 aromatic heterocycles. The number of aliphatic hydroxyl groups is 1. The van der Waals surface area contributed by atoms with Crippen LogP contribution in [0, 0.1) is 24.6 Å². The molecule has 7 nitrogen and oxygen atoms in total. The van der Waals surface area contributed by atoms with Crippen molar-refractivity contribution in [1.82, 2.24) is 4.90 Å². The van der Waals surface area contributed by atoms with E-state index in [4.69, 9.17) is 15.2 Å². The van der Waals surface area contributed by atoms with Crippen LogP contribution in [0.3, 0.4) is 0 Å². The number of piperidine rings is 1. The number of likely N-dealkylation sites (tertiary alicyclic amines) is 1. The molecular formula is C31H35FN2O5. The Morgan fingerprint density at radius 3 is 1.95 bits per heavy atom. The van der Waals surface area contributed by atoms with Gasteiger partial charge in [0.25, 0.3) is 0 Å². The highest BCUT2D eigenvalue weighted by molar-refractivity contribution is 6.02. The molecule has 0 aliphatic carbocycles. The first-order valence-electron chi connectivity index (χ1n) is 13.0. The molecule has 0 amide bonds. The Bertz CT molecular complexity index is 1260. The number of β-amino-alcohol motifs (C(OH)–C–C–N with tert-alkyl or cyclic N) is 1. The first kappa shape index (κ1) is 28.4. The van der Waals surface area contributed by atoms with Gasteiger partial charge in [-0.2, -0.15) is 0 Å². The standard InChI is InChI=1S/C31H35FN2O5/c1-19-25(11-6-12-28(19)32)29-26(30(36)20-7-4-9-23(13-20)38-2)17-34(16-22(35)15-33)18-27(29)31(37)21-8-5-10-24(14-21)39-3/h4-14,22,26-27,29,35H,15-18,33H2,1-3H3/t22?,26-,27-/m0/s1. The summed E-state index contributed by atoms with van der Waals surface area (Å²) in [7, 11) is 3.06. The summed E-state index contributed by atoms with van der Waals surface area (Å²) >= 11 is 0. The fourth-order valence-electron chi connectivity index (χ4n) is 5.55. The predicted molar refractivity (Wildman–Crippen MR) is 147 cm³/mol. The van der Waals surface area contributed by atoms with E-state index in [1.165, 1.54) is 20.3 Å². The van der Waals surface area contributed by atoms with Crippen molar-refractivity contribution in [3.63, 3.8) is 0 Å². The van der Waals surface area contributed by atoms with Gasteiger partial charge in [0.2, 0.25) is 0 Å². The van der Waals surface area contributed by atoms with Crippen LogP contribution in [0.1, 0.15) is 37.8 Å². The zero-order valence-electron chi connectivity index (χ0n) is 22.5. The predicted octanol–water partition coefficient (Wildman–Crippen LogP) is 3.87. The Morgan fingerprint density at radius 1 is 0.949 bits per heavy atom. The highest BCUT2D eigenvalue weighted by atomic mass is 19.1. The van der Waals surface area contributed by atoms with Gasteiger partial charge in [0.05, 0.1) is 20.3 Å². The SMILES string of the molecule is COc1cccc(C(=O)[C@H]2CN(CC(O)CN)C[C@H](C(=O)c3cccc(OC)c3)C2c2cccc(F)c2C)c1. The number of halogens is 1.